The van der Waals surface area contributed by atoms with Gasteiger partial charge in [-0.15, -0.1) is 0 Å². The van der Waals surface area contributed by atoms with Crippen LogP contribution in [0.1, 0.15) is 11.1 Å². The van der Waals surface area contributed by atoms with Gasteiger partial charge in [0.15, 0.2) is 0 Å². The van der Waals surface area contributed by atoms with Gasteiger partial charge in [-0.2, -0.15) is 0 Å². The van der Waals surface area contributed by atoms with Crippen LogP contribution in [0, 0.1) is 0 Å². The molecule has 0 N–H and O–H groups in total. The van der Waals surface area contributed by atoms with Gasteiger partial charge >= 0.3 is 12.1 Å². The first-order valence-corrected chi connectivity index (χ1v) is 7.93. The van der Waals surface area contributed by atoms with Crippen molar-refractivity contribution < 1.29 is 23.8 Å². The Balaban J connectivity index is 2.16. The number of nitrogens with zero attached hydrogens (tertiary/aromatic N) is 1. The molecule has 136 valence electrons. The molecule has 0 aliphatic heterocycles. The summed E-state index contributed by atoms with van der Waals surface area (Å²) in [5.74, 6) is -0.535. The van der Waals surface area contributed by atoms with Crippen molar-refractivity contribution in [2.24, 2.45) is 0 Å². The average Bonchev–Trinajstić information content (AvgIpc) is 2.70. The van der Waals surface area contributed by atoms with Crippen molar-refractivity contribution >= 4 is 23.3 Å². The normalized spacial score (nSPS) is 10.8. The topological polar surface area (TPSA) is 65.1 Å². The minimum Gasteiger partial charge on any atom is -0.503 e. The van der Waals surface area contributed by atoms with Crippen molar-refractivity contribution in [3.63, 3.8) is 0 Å². The summed E-state index contributed by atoms with van der Waals surface area (Å²) in [6.45, 7) is 0.00420. The number of methoxy groups -OCH3 is 2. The maximum absolute atomic E-state index is 12.3. The molecule has 0 bridgehead atoms. The lowest BCUT2D eigenvalue weighted by Crippen LogP contribution is -2.27. The van der Waals surface area contributed by atoms with Crippen LogP contribution in [-0.4, -0.2) is 33.3 Å². The first kappa shape index (κ1) is 19.1. The van der Waals surface area contributed by atoms with Gasteiger partial charge in [-0.05, 0) is 23.3 Å². The smallest absolute Gasteiger partial charge is 0.414 e. The molecule has 0 heterocycles. The van der Waals surface area contributed by atoms with E-state index in [1.807, 2.05) is 30.3 Å². The minimum atomic E-state index is -0.535. The maximum Gasteiger partial charge on any atom is 0.414 e. The van der Waals surface area contributed by atoms with Gasteiger partial charge in [-0.25, -0.2) is 9.59 Å². The summed E-state index contributed by atoms with van der Waals surface area (Å²) >= 11 is 0. The lowest BCUT2D eigenvalue weighted by atomic mass is 10.0. The molecule has 0 saturated heterocycles. The van der Waals surface area contributed by atoms with Crippen molar-refractivity contribution in [3.8, 4) is 0 Å². The minimum absolute atomic E-state index is 0.00420. The van der Waals surface area contributed by atoms with Crippen LogP contribution in [0.5, 0.6) is 0 Å². The molecule has 2 rings (SSSR count). The predicted octanol–water partition coefficient (Wildman–Crippen LogP) is 3.62. The number of amides is 1. The molecular weight excluding hydrogens is 334 g/mol. The monoisotopic (exact) mass is 355 g/mol. The summed E-state index contributed by atoms with van der Waals surface area (Å²) < 4.78 is 15.2. The van der Waals surface area contributed by atoms with Gasteiger partial charge in [0.2, 0.25) is 0 Å². The van der Waals surface area contributed by atoms with E-state index in [0.29, 0.717) is 11.1 Å². The zero-order valence-electron chi connectivity index (χ0n) is 15.0. The van der Waals surface area contributed by atoms with E-state index in [-0.39, 0.29) is 12.2 Å². The van der Waals surface area contributed by atoms with Crippen molar-refractivity contribution in [1.29, 1.82) is 0 Å². The number of ether oxygens (including phenoxy) is 3. The quantitative estimate of drug-likeness (QED) is 0.450. The number of anilines is 1. The molecule has 0 atom stereocenters. The number of carbonyl (C=O) groups is 2. The molecule has 0 aliphatic carbocycles. The molecule has 0 radical (unpaired) electrons. The summed E-state index contributed by atoms with van der Waals surface area (Å²) in [5, 5.41) is 0. The van der Waals surface area contributed by atoms with Gasteiger partial charge < -0.3 is 14.2 Å². The standard InChI is InChI=1S/C20H21NO5/c1-21(16-10-5-4-6-11-16)20(23)26-13-15-9-7-8-12-17(15)18(14-24-2)19(22)25-3/h4-12,14H,13H2,1-3H3. The molecule has 6 nitrogen and oxygen atoms in total. The van der Waals surface area contributed by atoms with E-state index in [4.69, 9.17) is 14.2 Å². The Hall–Kier alpha value is -3.28. The van der Waals surface area contributed by atoms with Crippen LogP contribution in [0.2, 0.25) is 0 Å². The van der Waals surface area contributed by atoms with E-state index in [9.17, 15) is 9.59 Å². The van der Waals surface area contributed by atoms with E-state index in [1.54, 1.807) is 31.3 Å². The van der Waals surface area contributed by atoms with E-state index in [0.717, 1.165) is 5.69 Å². The number of esters is 1. The first-order valence-electron chi connectivity index (χ1n) is 7.93. The SMILES string of the molecule is COC=C(C(=O)OC)c1ccccc1COC(=O)N(C)c1ccccc1. The summed E-state index contributed by atoms with van der Waals surface area (Å²) in [7, 11) is 4.37. The van der Waals surface area contributed by atoms with Gasteiger partial charge in [-0.3, -0.25) is 4.90 Å². The van der Waals surface area contributed by atoms with Gasteiger partial charge in [0, 0.05) is 12.7 Å². The zero-order valence-corrected chi connectivity index (χ0v) is 15.0. The van der Waals surface area contributed by atoms with Crippen LogP contribution in [0.25, 0.3) is 5.57 Å². The Morgan fingerprint density at radius 2 is 1.65 bits per heavy atom. The number of benzene rings is 2. The van der Waals surface area contributed by atoms with E-state index in [2.05, 4.69) is 0 Å². The van der Waals surface area contributed by atoms with Gasteiger partial charge in [0.25, 0.3) is 0 Å². The number of hydrogen-bond acceptors (Lipinski definition) is 5. The first-order chi connectivity index (χ1) is 12.6. The highest BCUT2D eigenvalue weighted by atomic mass is 16.6. The van der Waals surface area contributed by atoms with Crippen molar-refractivity contribution in [2.45, 2.75) is 6.61 Å². The third kappa shape index (κ3) is 4.63. The largest absolute Gasteiger partial charge is 0.503 e. The number of carbonyl (C=O) groups excluding carboxylic acids is 2. The Bertz CT molecular complexity index is 786. The molecule has 0 spiro atoms. The predicted molar refractivity (Wildman–Crippen MR) is 98.5 cm³/mol. The third-order valence-corrected chi connectivity index (χ3v) is 3.72. The molecule has 2 aromatic rings. The molecule has 0 fully saturated rings. The molecule has 2 aromatic carbocycles. The highest BCUT2D eigenvalue weighted by Crippen LogP contribution is 2.22. The van der Waals surface area contributed by atoms with Gasteiger partial charge in [-0.1, -0.05) is 42.5 Å². The number of hydrogen-bond donors (Lipinski definition) is 0. The molecule has 0 unspecified atom stereocenters. The van der Waals surface area contributed by atoms with Gasteiger partial charge in [0.1, 0.15) is 12.2 Å². The molecule has 1 amide bonds. The Kier molecular flexibility index (Phi) is 6.79. The third-order valence-electron chi connectivity index (χ3n) is 3.72. The summed E-state index contributed by atoms with van der Waals surface area (Å²) in [6.07, 6.45) is 0.809. The fraction of sp³-hybridized carbons (Fsp3) is 0.200. The molecule has 26 heavy (non-hydrogen) atoms. The molecule has 0 aliphatic rings. The fourth-order valence-electron chi connectivity index (χ4n) is 2.35. The van der Waals surface area contributed by atoms with E-state index >= 15 is 0 Å². The van der Waals surface area contributed by atoms with E-state index in [1.165, 1.54) is 25.4 Å². The van der Waals surface area contributed by atoms with E-state index < -0.39 is 12.1 Å². The van der Waals surface area contributed by atoms with Crippen LogP contribution in [0.4, 0.5) is 10.5 Å². The molecule has 0 aromatic heterocycles. The molecule has 0 saturated carbocycles. The lowest BCUT2D eigenvalue weighted by Gasteiger charge is -2.18. The fourth-order valence-corrected chi connectivity index (χ4v) is 2.35. The maximum atomic E-state index is 12.3. The Morgan fingerprint density at radius 1 is 1.00 bits per heavy atom. The highest BCUT2D eigenvalue weighted by Gasteiger charge is 2.18. The van der Waals surface area contributed by atoms with Crippen LogP contribution >= 0.6 is 0 Å². The summed E-state index contributed by atoms with van der Waals surface area (Å²) in [5.41, 5.74) is 2.21. The summed E-state index contributed by atoms with van der Waals surface area (Å²) in [6, 6.07) is 16.3. The average molecular weight is 355 g/mol. The second-order valence-electron chi connectivity index (χ2n) is 5.37. The zero-order chi connectivity index (χ0) is 18.9. The van der Waals surface area contributed by atoms with Crippen LogP contribution in [0.3, 0.4) is 0 Å². The Morgan fingerprint density at radius 3 is 2.31 bits per heavy atom. The van der Waals surface area contributed by atoms with Gasteiger partial charge in [0.05, 0.1) is 20.5 Å². The van der Waals surface area contributed by atoms with Crippen LogP contribution < -0.4 is 4.90 Å². The second-order valence-corrected chi connectivity index (χ2v) is 5.37. The Labute approximate surface area is 152 Å². The molecule has 6 heteroatoms. The van der Waals surface area contributed by atoms with Crippen molar-refractivity contribution in [3.05, 3.63) is 72.0 Å². The molecular formula is C20H21NO5. The van der Waals surface area contributed by atoms with Crippen molar-refractivity contribution in [2.75, 3.05) is 26.2 Å². The van der Waals surface area contributed by atoms with Crippen molar-refractivity contribution in [1.82, 2.24) is 0 Å². The number of para-hydroxylation sites is 1. The summed E-state index contributed by atoms with van der Waals surface area (Å²) in [4.78, 5) is 25.7. The van der Waals surface area contributed by atoms with Crippen LogP contribution in [-0.2, 0) is 25.6 Å². The highest BCUT2D eigenvalue weighted by molar-refractivity contribution is 6.16. The number of rotatable bonds is 6. The second kappa shape index (κ2) is 9.27. The van der Waals surface area contributed by atoms with Crippen LogP contribution in [0.15, 0.2) is 60.9 Å². The lowest BCUT2D eigenvalue weighted by molar-refractivity contribution is -0.133.